The number of nitrogens with one attached hydrogen (secondary N) is 1. The molecule has 2 aromatic rings. The summed E-state index contributed by atoms with van der Waals surface area (Å²) in [4.78, 5) is 11.8. The molecule has 1 heterocycles. The summed E-state index contributed by atoms with van der Waals surface area (Å²) in [5, 5.41) is 12.5. The van der Waals surface area contributed by atoms with Crippen molar-refractivity contribution in [2.24, 2.45) is 0 Å². The zero-order valence-electron chi connectivity index (χ0n) is 14.9. The minimum Gasteiger partial charge on any atom is -0.490 e. The van der Waals surface area contributed by atoms with E-state index < -0.39 is 0 Å². The van der Waals surface area contributed by atoms with E-state index in [1.807, 2.05) is 0 Å². The molecule has 9 heteroatoms. The van der Waals surface area contributed by atoms with Gasteiger partial charge in [0.1, 0.15) is 24.8 Å². The van der Waals surface area contributed by atoms with Gasteiger partial charge in [0.05, 0.1) is 5.75 Å². The number of rotatable bonds is 9. The standard InChI is InChI=1S/C18H22FN3O3S2/c19-13-6-8-15(9-7-13)24-10-11-25-16(23)12-26-18-22-21-17(27-18)20-14-4-2-1-3-5-14/h6-9,14H,1-5,10-12H2,(H,20,21). The maximum Gasteiger partial charge on any atom is 0.316 e. The van der Waals surface area contributed by atoms with Crippen molar-refractivity contribution in [3.63, 3.8) is 0 Å². The number of halogens is 1. The number of hydrogen-bond donors (Lipinski definition) is 1. The van der Waals surface area contributed by atoms with Crippen LogP contribution in [0.1, 0.15) is 32.1 Å². The van der Waals surface area contributed by atoms with Crippen molar-refractivity contribution >= 4 is 34.2 Å². The number of benzene rings is 1. The Bertz CT molecular complexity index is 721. The Morgan fingerprint density at radius 1 is 1.19 bits per heavy atom. The lowest BCUT2D eigenvalue weighted by atomic mass is 9.96. The van der Waals surface area contributed by atoms with Gasteiger partial charge in [-0.05, 0) is 37.1 Å². The van der Waals surface area contributed by atoms with Crippen LogP contribution in [-0.4, -0.2) is 41.2 Å². The Labute approximate surface area is 165 Å². The molecule has 0 radical (unpaired) electrons. The second-order valence-corrected chi connectivity index (χ2v) is 8.36. The normalized spacial score (nSPS) is 14.7. The van der Waals surface area contributed by atoms with Crippen molar-refractivity contribution in [3.05, 3.63) is 30.1 Å². The van der Waals surface area contributed by atoms with Crippen LogP contribution >= 0.6 is 23.1 Å². The predicted molar refractivity (Wildman–Crippen MR) is 104 cm³/mol. The smallest absolute Gasteiger partial charge is 0.316 e. The van der Waals surface area contributed by atoms with Gasteiger partial charge in [-0.2, -0.15) is 0 Å². The van der Waals surface area contributed by atoms with Crippen molar-refractivity contribution in [2.75, 3.05) is 24.3 Å². The van der Waals surface area contributed by atoms with Crippen LogP contribution in [-0.2, 0) is 9.53 Å². The van der Waals surface area contributed by atoms with Crippen LogP contribution in [0.3, 0.4) is 0 Å². The number of esters is 1. The molecule has 0 spiro atoms. The highest BCUT2D eigenvalue weighted by molar-refractivity contribution is 8.01. The molecule has 0 amide bonds. The fourth-order valence-corrected chi connectivity index (χ4v) is 4.38. The number of nitrogens with zero attached hydrogens (tertiary/aromatic N) is 2. The van der Waals surface area contributed by atoms with Crippen LogP contribution < -0.4 is 10.1 Å². The molecule has 1 aliphatic rings. The van der Waals surface area contributed by atoms with Gasteiger partial charge in [-0.15, -0.1) is 10.2 Å². The van der Waals surface area contributed by atoms with Gasteiger partial charge >= 0.3 is 5.97 Å². The number of carbonyl (C=O) groups is 1. The molecule has 0 saturated heterocycles. The summed E-state index contributed by atoms with van der Waals surface area (Å²) >= 11 is 2.78. The number of aromatic nitrogens is 2. The number of anilines is 1. The Balaban J connectivity index is 1.30. The average molecular weight is 412 g/mol. The first-order valence-electron chi connectivity index (χ1n) is 8.96. The predicted octanol–water partition coefficient (Wildman–Crippen LogP) is 4.14. The molecule has 1 fully saturated rings. The van der Waals surface area contributed by atoms with Crippen molar-refractivity contribution in [1.82, 2.24) is 10.2 Å². The van der Waals surface area contributed by atoms with Crippen LogP contribution in [0.15, 0.2) is 28.6 Å². The average Bonchev–Trinajstić information content (AvgIpc) is 3.13. The van der Waals surface area contributed by atoms with E-state index in [0.717, 1.165) is 9.47 Å². The first-order chi connectivity index (χ1) is 13.2. The molecule has 1 saturated carbocycles. The van der Waals surface area contributed by atoms with E-state index in [1.54, 1.807) is 0 Å². The van der Waals surface area contributed by atoms with Crippen LogP contribution in [0.5, 0.6) is 5.75 Å². The lowest BCUT2D eigenvalue weighted by Gasteiger charge is -2.21. The summed E-state index contributed by atoms with van der Waals surface area (Å²) in [5.74, 6) is 0.0576. The van der Waals surface area contributed by atoms with E-state index in [0.29, 0.717) is 11.8 Å². The van der Waals surface area contributed by atoms with E-state index in [9.17, 15) is 9.18 Å². The molecule has 1 aliphatic carbocycles. The number of ether oxygens (including phenoxy) is 2. The molecule has 0 atom stereocenters. The van der Waals surface area contributed by atoms with Gasteiger partial charge in [0, 0.05) is 6.04 Å². The fraction of sp³-hybridized carbons (Fsp3) is 0.500. The molecule has 1 aromatic heterocycles. The second kappa shape index (κ2) is 10.5. The van der Waals surface area contributed by atoms with Crippen molar-refractivity contribution < 1.29 is 18.7 Å². The maximum absolute atomic E-state index is 12.8. The summed E-state index contributed by atoms with van der Waals surface area (Å²) < 4.78 is 24.0. The monoisotopic (exact) mass is 411 g/mol. The Morgan fingerprint density at radius 2 is 1.96 bits per heavy atom. The summed E-state index contributed by atoms with van der Waals surface area (Å²) in [6.07, 6.45) is 6.18. The van der Waals surface area contributed by atoms with E-state index in [-0.39, 0.29) is 30.8 Å². The van der Waals surface area contributed by atoms with Gasteiger partial charge in [-0.3, -0.25) is 4.79 Å². The molecular formula is C18H22FN3O3S2. The maximum atomic E-state index is 12.8. The molecule has 0 aliphatic heterocycles. The van der Waals surface area contributed by atoms with Crippen LogP contribution in [0.2, 0.25) is 0 Å². The molecule has 27 heavy (non-hydrogen) atoms. The number of carbonyl (C=O) groups excluding carboxylic acids is 1. The third-order valence-electron chi connectivity index (χ3n) is 4.08. The van der Waals surface area contributed by atoms with Gasteiger partial charge in [0.2, 0.25) is 5.13 Å². The Kier molecular flexibility index (Phi) is 7.70. The highest BCUT2D eigenvalue weighted by Gasteiger charge is 2.15. The highest BCUT2D eigenvalue weighted by Crippen LogP contribution is 2.28. The first kappa shape index (κ1) is 19.9. The van der Waals surface area contributed by atoms with Gasteiger partial charge < -0.3 is 14.8 Å². The number of hydrogen-bond acceptors (Lipinski definition) is 8. The first-order valence-corrected chi connectivity index (χ1v) is 10.8. The zero-order chi connectivity index (χ0) is 18.9. The largest absolute Gasteiger partial charge is 0.490 e. The fourth-order valence-electron chi connectivity index (χ4n) is 2.76. The zero-order valence-corrected chi connectivity index (χ0v) is 16.5. The third-order valence-corrected chi connectivity index (χ3v) is 6.04. The quantitative estimate of drug-likeness (QED) is 0.378. The molecule has 1 N–H and O–H groups in total. The minimum absolute atomic E-state index is 0.140. The van der Waals surface area contributed by atoms with Gasteiger partial charge in [-0.25, -0.2) is 4.39 Å². The van der Waals surface area contributed by atoms with Crippen molar-refractivity contribution in [3.8, 4) is 5.75 Å². The van der Waals surface area contributed by atoms with E-state index in [2.05, 4.69) is 15.5 Å². The van der Waals surface area contributed by atoms with Crippen molar-refractivity contribution in [2.45, 2.75) is 42.5 Å². The molecule has 1 aromatic carbocycles. The number of thioether (sulfide) groups is 1. The molecule has 6 nitrogen and oxygen atoms in total. The van der Waals surface area contributed by atoms with Crippen LogP contribution in [0.4, 0.5) is 9.52 Å². The Morgan fingerprint density at radius 3 is 2.74 bits per heavy atom. The summed E-state index contributed by atoms with van der Waals surface area (Å²) in [5.41, 5.74) is 0. The molecule has 0 unspecified atom stereocenters. The van der Waals surface area contributed by atoms with Crippen LogP contribution in [0, 0.1) is 5.82 Å². The molecular weight excluding hydrogens is 389 g/mol. The molecule has 0 bridgehead atoms. The van der Waals surface area contributed by atoms with E-state index in [1.165, 1.54) is 79.5 Å². The van der Waals surface area contributed by atoms with Gasteiger partial charge in [-0.1, -0.05) is 42.4 Å². The molecule has 146 valence electrons. The van der Waals surface area contributed by atoms with E-state index >= 15 is 0 Å². The summed E-state index contributed by atoms with van der Waals surface area (Å²) in [6.45, 7) is 0.359. The third kappa shape index (κ3) is 6.99. The van der Waals surface area contributed by atoms with Gasteiger partial charge in [0.25, 0.3) is 0 Å². The van der Waals surface area contributed by atoms with Gasteiger partial charge in [0.15, 0.2) is 4.34 Å². The lowest BCUT2D eigenvalue weighted by Crippen LogP contribution is -2.21. The summed E-state index contributed by atoms with van der Waals surface area (Å²) in [7, 11) is 0. The highest BCUT2D eigenvalue weighted by atomic mass is 32.2. The van der Waals surface area contributed by atoms with Crippen LogP contribution in [0.25, 0.3) is 0 Å². The SMILES string of the molecule is O=C(CSc1nnc(NC2CCCCC2)s1)OCCOc1ccc(F)cc1. The summed E-state index contributed by atoms with van der Waals surface area (Å²) in [6, 6.07) is 6.17. The molecule has 3 rings (SSSR count). The lowest BCUT2D eigenvalue weighted by molar-refractivity contribution is -0.141. The Hall–Kier alpha value is -1.87. The van der Waals surface area contributed by atoms with E-state index in [4.69, 9.17) is 9.47 Å². The minimum atomic E-state index is -0.334. The second-order valence-electron chi connectivity index (χ2n) is 6.16. The topological polar surface area (TPSA) is 73.3 Å². The van der Waals surface area contributed by atoms with Crippen molar-refractivity contribution in [1.29, 1.82) is 0 Å².